The van der Waals surface area contributed by atoms with Gasteiger partial charge in [-0.15, -0.1) is 0 Å². The first-order chi connectivity index (χ1) is 16.5. The SMILES string of the molecule is O=C(O)CONC(=O)CCc1ccc(NC(=O)OCC2c3ccccc3-c3ccccc32)cc1. The highest BCUT2D eigenvalue weighted by Crippen LogP contribution is 2.44. The smallest absolute Gasteiger partial charge is 0.411 e. The molecule has 8 nitrogen and oxygen atoms in total. The monoisotopic (exact) mass is 460 g/mol. The molecule has 0 saturated carbocycles. The molecule has 0 atom stereocenters. The number of amides is 2. The molecule has 1 aliphatic carbocycles. The summed E-state index contributed by atoms with van der Waals surface area (Å²) >= 11 is 0. The van der Waals surface area contributed by atoms with Gasteiger partial charge >= 0.3 is 12.1 Å². The molecule has 1 aliphatic rings. The molecule has 3 N–H and O–H groups in total. The highest BCUT2D eigenvalue weighted by Gasteiger charge is 2.28. The Morgan fingerprint density at radius 3 is 2.09 bits per heavy atom. The highest BCUT2D eigenvalue weighted by molar-refractivity contribution is 5.85. The standard InChI is InChI=1S/C26H24N2O6/c29-24(28-34-16-25(30)31)14-11-17-9-12-18(13-10-17)27-26(32)33-15-23-21-7-3-1-5-19(21)20-6-2-4-8-22(20)23/h1-10,12-13,23H,11,14-16H2,(H,27,32)(H,28,29)(H,30,31). The maximum atomic E-state index is 12.4. The van der Waals surface area contributed by atoms with Crippen molar-refractivity contribution in [2.45, 2.75) is 18.8 Å². The number of hydrogen-bond acceptors (Lipinski definition) is 5. The second-order valence-electron chi connectivity index (χ2n) is 7.86. The summed E-state index contributed by atoms with van der Waals surface area (Å²) in [6, 6.07) is 23.4. The van der Waals surface area contributed by atoms with Gasteiger partial charge in [0.25, 0.3) is 0 Å². The number of rotatable bonds is 9. The van der Waals surface area contributed by atoms with Gasteiger partial charge in [0, 0.05) is 18.0 Å². The van der Waals surface area contributed by atoms with Crippen LogP contribution in [-0.4, -0.2) is 36.3 Å². The summed E-state index contributed by atoms with van der Waals surface area (Å²) in [5, 5.41) is 11.2. The Balaban J connectivity index is 1.26. The van der Waals surface area contributed by atoms with Crippen LogP contribution in [0.1, 0.15) is 29.0 Å². The minimum Gasteiger partial charge on any atom is -0.479 e. The summed E-state index contributed by atoms with van der Waals surface area (Å²) < 4.78 is 5.55. The summed E-state index contributed by atoms with van der Waals surface area (Å²) in [6.07, 6.45) is 0.0382. The zero-order valence-corrected chi connectivity index (χ0v) is 18.3. The van der Waals surface area contributed by atoms with Crippen LogP contribution in [0.4, 0.5) is 10.5 Å². The van der Waals surface area contributed by atoms with E-state index in [-0.39, 0.29) is 18.9 Å². The van der Waals surface area contributed by atoms with E-state index in [1.54, 1.807) is 24.3 Å². The Kier molecular flexibility index (Phi) is 7.19. The van der Waals surface area contributed by atoms with Crippen LogP contribution in [0.15, 0.2) is 72.8 Å². The van der Waals surface area contributed by atoms with E-state index >= 15 is 0 Å². The fourth-order valence-corrected chi connectivity index (χ4v) is 3.99. The van der Waals surface area contributed by atoms with E-state index in [0.717, 1.165) is 16.7 Å². The molecule has 2 amide bonds. The topological polar surface area (TPSA) is 114 Å². The van der Waals surface area contributed by atoms with Gasteiger partial charge in [-0.1, -0.05) is 60.7 Å². The van der Waals surface area contributed by atoms with Gasteiger partial charge in [-0.25, -0.2) is 15.1 Å². The van der Waals surface area contributed by atoms with Gasteiger partial charge in [-0.2, -0.15) is 0 Å². The summed E-state index contributed by atoms with van der Waals surface area (Å²) in [7, 11) is 0. The Morgan fingerprint density at radius 2 is 1.47 bits per heavy atom. The number of carboxylic acids is 1. The Hall–Kier alpha value is -4.17. The largest absolute Gasteiger partial charge is 0.479 e. The second kappa shape index (κ2) is 10.6. The third-order valence-electron chi connectivity index (χ3n) is 5.57. The maximum absolute atomic E-state index is 12.4. The minimum absolute atomic E-state index is 0.00819. The molecule has 174 valence electrons. The van der Waals surface area contributed by atoms with E-state index in [0.29, 0.717) is 12.1 Å². The number of hydroxylamine groups is 1. The third-order valence-corrected chi connectivity index (χ3v) is 5.57. The lowest BCUT2D eigenvalue weighted by atomic mass is 9.98. The zero-order valence-electron chi connectivity index (χ0n) is 18.3. The number of carbonyl (C=O) groups is 3. The molecule has 0 saturated heterocycles. The molecular weight excluding hydrogens is 436 g/mol. The number of aryl methyl sites for hydroxylation is 1. The van der Waals surface area contributed by atoms with Gasteiger partial charge in [0.05, 0.1) is 0 Å². The van der Waals surface area contributed by atoms with Crippen LogP contribution in [0.2, 0.25) is 0 Å². The number of anilines is 1. The number of carbonyl (C=O) groups excluding carboxylic acids is 2. The lowest BCUT2D eigenvalue weighted by Gasteiger charge is -2.14. The van der Waals surface area contributed by atoms with Crippen LogP contribution in [0.3, 0.4) is 0 Å². The molecule has 3 aromatic rings. The van der Waals surface area contributed by atoms with Crippen molar-refractivity contribution in [3.05, 3.63) is 89.5 Å². The molecule has 0 aromatic heterocycles. The fraction of sp³-hybridized carbons (Fsp3) is 0.192. The summed E-state index contributed by atoms with van der Waals surface area (Å²) in [4.78, 5) is 38.9. The van der Waals surface area contributed by atoms with Crippen LogP contribution in [-0.2, 0) is 25.6 Å². The number of ether oxygens (including phenoxy) is 1. The van der Waals surface area contributed by atoms with Gasteiger partial charge in [0.1, 0.15) is 6.61 Å². The first kappa shape index (κ1) is 23.0. The molecule has 8 heteroatoms. The predicted octanol–water partition coefficient (Wildman–Crippen LogP) is 4.11. The fourth-order valence-electron chi connectivity index (χ4n) is 3.99. The van der Waals surface area contributed by atoms with E-state index in [2.05, 4.69) is 39.9 Å². The first-order valence-electron chi connectivity index (χ1n) is 10.8. The van der Waals surface area contributed by atoms with Crippen molar-refractivity contribution in [1.29, 1.82) is 0 Å². The van der Waals surface area contributed by atoms with E-state index in [1.807, 2.05) is 24.3 Å². The molecular formula is C26H24N2O6. The van der Waals surface area contributed by atoms with E-state index in [9.17, 15) is 14.4 Å². The van der Waals surface area contributed by atoms with Crippen LogP contribution in [0, 0.1) is 0 Å². The lowest BCUT2D eigenvalue weighted by molar-refractivity contribution is -0.149. The van der Waals surface area contributed by atoms with Crippen molar-refractivity contribution < 1.29 is 29.1 Å². The van der Waals surface area contributed by atoms with Crippen LogP contribution in [0.5, 0.6) is 0 Å². The number of carboxylic acid groups (broad SMARTS) is 1. The van der Waals surface area contributed by atoms with Crippen molar-refractivity contribution in [3.8, 4) is 11.1 Å². The van der Waals surface area contributed by atoms with Gasteiger partial charge in [0.15, 0.2) is 6.61 Å². The number of benzene rings is 3. The molecule has 0 aliphatic heterocycles. The summed E-state index contributed by atoms with van der Waals surface area (Å²) in [6.45, 7) is -0.362. The van der Waals surface area contributed by atoms with Crippen LogP contribution < -0.4 is 10.8 Å². The second-order valence-corrected chi connectivity index (χ2v) is 7.86. The van der Waals surface area contributed by atoms with Crippen molar-refractivity contribution in [2.75, 3.05) is 18.5 Å². The van der Waals surface area contributed by atoms with Gasteiger partial charge < -0.3 is 9.84 Å². The molecule has 0 spiro atoms. The molecule has 0 radical (unpaired) electrons. The quantitative estimate of drug-likeness (QED) is 0.414. The maximum Gasteiger partial charge on any atom is 0.411 e. The van der Waals surface area contributed by atoms with E-state index in [4.69, 9.17) is 9.84 Å². The summed E-state index contributed by atoms with van der Waals surface area (Å²) in [5.41, 5.74) is 8.18. The predicted molar refractivity (Wildman–Crippen MR) is 125 cm³/mol. The average Bonchev–Trinajstić information content (AvgIpc) is 3.16. The highest BCUT2D eigenvalue weighted by atomic mass is 16.7. The van der Waals surface area contributed by atoms with Crippen molar-refractivity contribution >= 4 is 23.7 Å². The molecule has 0 heterocycles. The van der Waals surface area contributed by atoms with Gasteiger partial charge in [-0.3, -0.25) is 14.9 Å². The molecule has 3 aromatic carbocycles. The summed E-state index contributed by atoms with van der Waals surface area (Å²) in [5.74, 6) is -1.59. The molecule has 0 unspecified atom stereocenters. The Labute approximate surface area is 196 Å². The van der Waals surface area contributed by atoms with Crippen LogP contribution in [0.25, 0.3) is 11.1 Å². The zero-order chi connectivity index (χ0) is 23.9. The number of aliphatic carboxylic acids is 1. The number of fused-ring (bicyclic) bond motifs is 3. The van der Waals surface area contributed by atoms with E-state index < -0.39 is 24.6 Å². The van der Waals surface area contributed by atoms with Gasteiger partial charge in [0.2, 0.25) is 5.91 Å². The van der Waals surface area contributed by atoms with Gasteiger partial charge in [-0.05, 0) is 46.4 Å². The third kappa shape index (κ3) is 5.60. The molecule has 34 heavy (non-hydrogen) atoms. The minimum atomic E-state index is -1.17. The average molecular weight is 460 g/mol. The Bertz CT molecular complexity index is 1150. The van der Waals surface area contributed by atoms with Crippen LogP contribution >= 0.6 is 0 Å². The number of hydrogen-bond donors (Lipinski definition) is 3. The van der Waals surface area contributed by atoms with Crippen molar-refractivity contribution in [1.82, 2.24) is 5.48 Å². The molecule has 0 fully saturated rings. The van der Waals surface area contributed by atoms with Crippen molar-refractivity contribution in [3.63, 3.8) is 0 Å². The normalized spacial score (nSPS) is 11.9. The molecule has 4 rings (SSSR count). The van der Waals surface area contributed by atoms with Crippen molar-refractivity contribution in [2.24, 2.45) is 0 Å². The Morgan fingerprint density at radius 1 is 0.853 bits per heavy atom. The lowest BCUT2D eigenvalue weighted by Crippen LogP contribution is -2.26. The first-order valence-corrected chi connectivity index (χ1v) is 10.8. The molecule has 0 bridgehead atoms. The number of nitrogens with one attached hydrogen (secondary N) is 2. The van der Waals surface area contributed by atoms with E-state index in [1.165, 1.54) is 11.1 Å².